The lowest BCUT2D eigenvalue weighted by molar-refractivity contribution is 0.0175. The van der Waals surface area contributed by atoms with Gasteiger partial charge in [-0.2, -0.15) is 0 Å². The maximum Gasteiger partial charge on any atom is 0.150 e. The molecule has 0 unspecified atom stereocenters. The van der Waals surface area contributed by atoms with Crippen LogP contribution in [0.3, 0.4) is 0 Å². The van der Waals surface area contributed by atoms with Crippen LogP contribution in [0.25, 0.3) is 0 Å². The molecule has 0 amide bonds. The predicted molar refractivity (Wildman–Crippen MR) is 65.1 cm³/mol. The normalized spacial score (nSPS) is 20.9. The highest BCUT2D eigenvalue weighted by Gasteiger charge is 2.32. The zero-order chi connectivity index (χ0) is 12.1. The molecule has 1 saturated heterocycles. The molecule has 16 heavy (non-hydrogen) atoms. The van der Waals surface area contributed by atoms with Gasteiger partial charge in [0.25, 0.3) is 0 Å². The van der Waals surface area contributed by atoms with Crippen molar-refractivity contribution in [1.82, 2.24) is 0 Å². The average Bonchev–Trinajstić information content (AvgIpc) is 2.28. The van der Waals surface area contributed by atoms with Crippen LogP contribution in [-0.2, 0) is 14.6 Å². The summed E-state index contributed by atoms with van der Waals surface area (Å²) in [5.41, 5.74) is 5.79. The fourth-order valence-corrected chi connectivity index (χ4v) is 3.72. The number of hydrogen-bond acceptors (Lipinski definition) is 4. The van der Waals surface area contributed by atoms with Gasteiger partial charge in [-0.05, 0) is 37.6 Å². The Bertz CT molecular complexity index is 294. The van der Waals surface area contributed by atoms with Gasteiger partial charge in [-0.1, -0.05) is 6.92 Å². The quantitative estimate of drug-likeness (QED) is 0.761. The lowest BCUT2D eigenvalue weighted by atomic mass is 9.78. The highest BCUT2D eigenvalue weighted by molar-refractivity contribution is 7.91. The molecule has 1 aliphatic rings. The molecule has 0 atom stereocenters. The Hall–Kier alpha value is -0.130. The summed E-state index contributed by atoms with van der Waals surface area (Å²) in [6.45, 7) is 3.89. The molecule has 0 aliphatic carbocycles. The Morgan fingerprint density at radius 1 is 1.25 bits per heavy atom. The molecule has 0 saturated carbocycles. The molecule has 5 heteroatoms. The second kappa shape index (κ2) is 5.98. The Morgan fingerprint density at radius 3 is 2.38 bits per heavy atom. The van der Waals surface area contributed by atoms with Gasteiger partial charge in [-0.25, -0.2) is 8.42 Å². The van der Waals surface area contributed by atoms with Gasteiger partial charge in [-0.3, -0.25) is 0 Å². The third-order valence-corrected chi connectivity index (χ3v) is 5.30. The van der Waals surface area contributed by atoms with Gasteiger partial charge in [0.1, 0.15) is 9.84 Å². The van der Waals surface area contributed by atoms with Crippen molar-refractivity contribution in [2.75, 3.05) is 31.3 Å². The molecule has 0 spiro atoms. The maximum absolute atomic E-state index is 11.7. The summed E-state index contributed by atoms with van der Waals surface area (Å²) < 4.78 is 28.6. The van der Waals surface area contributed by atoms with Gasteiger partial charge < -0.3 is 10.5 Å². The fraction of sp³-hybridized carbons (Fsp3) is 1.00. The monoisotopic (exact) mass is 249 g/mol. The first-order valence-corrected chi connectivity index (χ1v) is 7.84. The van der Waals surface area contributed by atoms with Crippen LogP contribution in [0, 0.1) is 5.41 Å². The van der Waals surface area contributed by atoms with E-state index >= 15 is 0 Å². The summed E-state index contributed by atoms with van der Waals surface area (Å²) in [7, 11) is -2.88. The topological polar surface area (TPSA) is 69.4 Å². The molecule has 0 aromatic carbocycles. The maximum atomic E-state index is 11.7. The zero-order valence-corrected chi connectivity index (χ0v) is 10.9. The lowest BCUT2D eigenvalue weighted by Gasteiger charge is -2.36. The molecule has 1 fully saturated rings. The largest absolute Gasteiger partial charge is 0.381 e. The fourth-order valence-electron chi connectivity index (χ4n) is 2.15. The molecule has 0 bridgehead atoms. The minimum Gasteiger partial charge on any atom is -0.381 e. The van der Waals surface area contributed by atoms with Crippen LogP contribution in [-0.4, -0.2) is 39.7 Å². The Morgan fingerprint density at radius 2 is 1.88 bits per heavy atom. The van der Waals surface area contributed by atoms with Crippen LogP contribution in [0.2, 0.25) is 0 Å². The third-order valence-electron chi connectivity index (χ3n) is 3.44. The van der Waals surface area contributed by atoms with E-state index in [1.165, 1.54) is 0 Å². The minimum absolute atomic E-state index is 0.000931. The third kappa shape index (κ3) is 4.03. The molecule has 2 N–H and O–H groups in total. The predicted octanol–water partition coefficient (Wildman–Crippen LogP) is 0.957. The van der Waals surface area contributed by atoms with Gasteiger partial charge >= 0.3 is 0 Å². The van der Waals surface area contributed by atoms with Crippen LogP contribution in [0.1, 0.15) is 32.6 Å². The second-order valence-electron chi connectivity index (χ2n) is 4.72. The lowest BCUT2D eigenvalue weighted by Crippen LogP contribution is -2.38. The van der Waals surface area contributed by atoms with Crippen molar-refractivity contribution in [3.05, 3.63) is 0 Å². The van der Waals surface area contributed by atoms with E-state index in [1.807, 2.05) is 6.92 Å². The number of sulfone groups is 1. The first-order chi connectivity index (χ1) is 7.54. The molecular weight excluding hydrogens is 226 g/mol. The molecule has 96 valence electrons. The van der Waals surface area contributed by atoms with Gasteiger partial charge in [0, 0.05) is 19.0 Å². The first-order valence-electron chi connectivity index (χ1n) is 6.02. The van der Waals surface area contributed by atoms with Crippen LogP contribution in [0.15, 0.2) is 0 Å². The number of rotatable bonds is 6. The summed E-state index contributed by atoms with van der Waals surface area (Å²) >= 11 is 0. The average molecular weight is 249 g/mol. The van der Waals surface area contributed by atoms with Crippen molar-refractivity contribution in [2.24, 2.45) is 11.1 Å². The Balaban J connectivity index is 2.50. The standard InChI is InChI=1S/C11H23NO3S/c1-2-8-16(13,14)9-5-11(10-12)3-6-15-7-4-11/h2-10,12H2,1H3. The van der Waals surface area contributed by atoms with Crippen LogP contribution >= 0.6 is 0 Å². The second-order valence-corrected chi connectivity index (χ2v) is 7.02. The van der Waals surface area contributed by atoms with Gasteiger partial charge in [0.15, 0.2) is 0 Å². The van der Waals surface area contributed by atoms with Crippen molar-refractivity contribution in [2.45, 2.75) is 32.6 Å². The van der Waals surface area contributed by atoms with Crippen molar-refractivity contribution in [3.8, 4) is 0 Å². The smallest absolute Gasteiger partial charge is 0.150 e. The molecule has 1 aliphatic heterocycles. The summed E-state index contributed by atoms with van der Waals surface area (Å²) in [4.78, 5) is 0. The van der Waals surface area contributed by atoms with Gasteiger partial charge in [0.05, 0.1) is 5.75 Å². The van der Waals surface area contributed by atoms with Crippen molar-refractivity contribution in [3.63, 3.8) is 0 Å². The van der Waals surface area contributed by atoms with E-state index in [0.717, 1.165) is 12.8 Å². The number of hydrogen-bond donors (Lipinski definition) is 1. The van der Waals surface area contributed by atoms with Crippen LogP contribution < -0.4 is 5.73 Å². The molecular formula is C11H23NO3S. The number of ether oxygens (including phenoxy) is 1. The van der Waals surface area contributed by atoms with Crippen LogP contribution in [0.5, 0.6) is 0 Å². The summed E-state index contributed by atoms with van der Waals surface area (Å²) in [5, 5.41) is 0. The highest BCUT2D eigenvalue weighted by Crippen LogP contribution is 2.33. The minimum atomic E-state index is -2.88. The summed E-state index contributed by atoms with van der Waals surface area (Å²) in [6.07, 6.45) is 3.17. The summed E-state index contributed by atoms with van der Waals surface area (Å²) in [6, 6.07) is 0. The van der Waals surface area contributed by atoms with Crippen molar-refractivity contribution < 1.29 is 13.2 Å². The van der Waals surface area contributed by atoms with E-state index in [9.17, 15) is 8.42 Å². The van der Waals surface area contributed by atoms with E-state index in [2.05, 4.69) is 0 Å². The first kappa shape index (κ1) is 13.9. The van der Waals surface area contributed by atoms with Gasteiger partial charge in [0.2, 0.25) is 0 Å². The van der Waals surface area contributed by atoms with Crippen LogP contribution in [0.4, 0.5) is 0 Å². The molecule has 0 radical (unpaired) electrons. The van der Waals surface area contributed by atoms with Gasteiger partial charge in [-0.15, -0.1) is 0 Å². The molecule has 1 heterocycles. The van der Waals surface area contributed by atoms with E-state index in [0.29, 0.717) is 38.4 Å². The number of nitrogens with two attached hydrogens (primary N) is 1. The van der Waals surface area contributed by atoms with E-state index in [4.69, 9.17) is 10.5 Å². The molecule has 4 nitrogen and oxygen atoms in total. The van der Waals surface area contributed by atoms with Crippen molar-refractivity contribution >= 4 is 9.84 Å². The molecule has 1 rings (SSSR count). The van der Waals surface area contributed by atoms with E-state index < -0.39 is 9.84 Å². The highest BCUT2D eigenvalue weighted by atomic mass is 32.2. The van der Waals surface area contributed by atoms with E-state index in [1.54, 1.807) is 0 Å². The SMILES string of the molecule is CCCS(=O)(=O)CCC1(CN)CCOCC1. The molecule has 0 aromatic heterocycles. The molecule has 0 aromatic rings. The Kier molecular flexibility index (Phi) is 5.21. The zero-order valence-electron chi connectivity index (χ0n) is 10.1. The Labute approximate surface area is 98.5 Å². The van der Waals surface area contributed by atoms with Crippen molar-refractivity contribution in [1.29, 1.82) is 0 Å². The van der Waals surface area contributed by atoms with E-state index in [-0.39, 0.29) is 11.2 Å². The summed E-state index contributed by atoms with van der Waals surface area (Å²) in [5.74, 6) is 0.572.